The quantitative estimate of drug-likeness (QED) is 0.0848. The largest absolute Gasteiger partial charge is 0.481 e. The minimum Gasteiger partial charge on any atom is -0.481 e. The standard InChI is InChI=1S/C36H70O4/c1-6-7-8-9-10-11-17-20-23-26-29-36(32(4)5,35(39)40)30-27-24-21-18-15-13-12-14-16-19-22-25-28-33(31(2)3)34(37)38/h31-33H,6-30H2,1-5H3,(H,37,38)(H,39,40). The van der Waals surface area contributed by atoms with Gasteiger partial charge in [-0.3, -0.25) is 9.59 Å². The molecule has 2 atom stereocenters. The summed E-state index contributed by atoms with van der Waals surface area (Å²) < 4.78 is 0. The van der Waals surface area contributed by atoms with Crippen LogP contribution in [0.2, 0.25) is 0 Å². The Bertz CT molecular complexity index is 600. The third-order valence-corrected chi connectivity index (χ3v) is 9.52. The predicted octanol–water partition coefficient (Wildman–Crippen LogP) is 11.8. The van der Waals surface area contributed by atoms with Gasteiger partial charge in [0.2, 0.25) is 0 Å². The first-order valence-corrected chi connectivity index (χ1v) is 17.6. The van der Waals surface area contributed by atoms with Crippen LogP contribution in [0.25, 0.3) is 0 Å². The van der Waals surface area contributed by atoms with Crippen LogP contribution in [-0.2, 0) is 9.59 Å². The molecule has 0 rings (SSSR count). The molecule has 2 unspecified atom stereocenters. The minimum absolute atomic E-state index is 0.185. The van der Waals surface area contributed by atoms with E-state index in [1.807, 2.05) is 13.8 Å². The molecule has 0 spiro atoms. The highest BCUT2D eigenvalue weighted by Crippen LogP contribution is 2.39. The Morgan fingerprint density at radius 2 is 0.850 bits per heavy atom. The highest BCUT2D eigenvalue weighted by atomic mass is 16.4. The van der Waals surface area contributed by atoms with Crippen LogP contribution in [0, 0.1) is 23.2 Å². The van der Waals surface area contributed by atoms with Gasteiger partial charge >= 0.3 is 11.9 Å². The van der Waals surface area contributed by atoms with Crippen LogP contribution in [0.3, 0.4) is 0 Å². The van der Waals surface area contributed by atoms with Gasteiger partial charge in [0.25, 0.3) is 0 Å². The van der Waals surface area contributed by atoms with E-state index in [-0.39, 0.29) is 17.8 Å². The summed E-state index contributed by atoms with van der Waals surface area (Å²) in [5.41, 5.74) is -0.538. The Morgan fingerprint density at radius 1 is 0.525 bits per heavy atom. The lowest BCUT2D eigenvalue weighted by atomic mass is 9.70. The van der Waals surface area contributed by atoms with Gasteiger partial charge in [0.1, 0.15) is 0 Å². The lowest BCUT2D eigenvalue weighted by molar-refractivity contribution is -0.153. The van der Waals surface area contributed by atoms with Crippen LogP contribution >= 0.6 is 0 Å². The zero-order valence-electron chi connectivity index (χ0n) is 27.6. The van der Waals surface area contributed by atoms with Gasteiger partial charge in [-0.2, -0.15) is 0 Å². The van der Waals surface area contributed by atoms with Crippen molar-refractivity contribution in [2.45, 2.75) is 195 Å². The molecule has 4 heteroatoms. The van der Waals surface area contributed by atoms with Gasteiger partial charge in [0.15, 0.2) is 0 Å². The molecular weight excluding hydrogens is 496 g/mol. The number of aliphatic carboxylic acids is 2. The Hall–Kier alpha value is -1.06. The van der Waals surface area contributed by atoms with Crippen LogP contribution in [-0.4, -0.2) is 22.2 Å². The molecule has 0 heterocycles. The van der Waals surface area contributed by atoms with E-state index < -0.39 is 17.4 Å². The van der Waals surface area contributed by atoms with Gasteiger partial charge in [-0.15, -0.1) is 0 Å². The van der Waals surface area contributed by atoms with Crippen LogP contribution in [0.1, 0.15) is 195 Å². The summed E-state index contributed by atoms with van der Waals surface area (Å²) in [5, 5.41) is 19.4. The van der Waals surface area contributed by atoms with E-state index in [4.69, 9.17) is 0 Å². The second-order valence-electron chi connectivity index (χ2n) is 13.5. The van der Waals surface area contributed by atoms with Gasteiger partial charge in [-0.05, 0) is 31.1 Å². The first-order valence-electron chi connectivity index (χ1n) is 17.6. The predicted molar refractivity (Wildman–Crippen MR) is 172 cm³/mol. The van der Waals surface area contributed by atoms with Crippen molar-refractivity contribution in [3.05, 3.63) is 0 Å². The molecule has 0 aliphatic heterocycles. The van der Waals surface area contributed by atoms with E-state index in [2.05, 4.69) is 20.8 Å². The van der Waals surface area contributed by atoms with Crippen LogP contribution in [0.5, 0.6) is 0 Å². The normalized spacial score (nSPS) is 14.1. The van der Waals surface area contributed by atoms with Crippen LogP contribution in [0.4, 0.5) is 0 Å². The lowest BCUT2D eigenvalue weighted by Crippen LogP contribution is -2.36. The first kappa shape index (κ1) is 38.9. The lowest BCUT2D eigenvalue weighted by Gasteiger charge is -2.34. The molecule has 0 bridgehead atoms. The molecule has 0 aliphatic rings. The third kappa shape index (κ3) is 19.1. The number of carbonyl (C=O) groups is 2. The molecule has 4 nitrogen and oxygen atoms in total. The maximum atomic E-state index is 12.4. The molecule has 0 radical (unpaired) electrons. The summed E-state index contributed by atoms with van der Waals surface area (Å²) in [5.74, 6) is -0.977. The molecule has 238 valence electrons. The molecule has 0 aromatic heterocycles. The van der Waals surface area contributed by atoms with Crippen molar-refractivity contribution in [1.29, 1.82) is 0 Å². The van der Waals surface area contributed by atoms with Crippen molar-refractivity contribution in [3.63, 3.8) is 0 Å². The fraction of sp³-hybridized carbons (Fsp3) is 0.944. The number of carboxylic acid groups (broad SMARTS) is 2. The molecule has 0 aliphatic carbocycles. The molecule has 40 heavy (non-hydrogen) atoms. The number of hydrogen-bond acceptors (Lipinski definition) is 2. The Labute approximate surface area is 249 Å². The molecule has 0 saturated carbocycles. The Kier molecular flexibility index (Phi) is 25.0. The van der Waals surface area contributed by atoms with Crippen LogP contribution < -0.4 is 0 Å². The highest BCUT2D eigenvalue weighted by molar-refractivity contribution is 5.75. The van der Waals surface area contributed by atoms with E-state index in [0.29, 0.717) is 0 Å². The summed E-state index contributed by atoms with van der Waals surface area (Å²) in [6, 6.07) is 0. The molecule has 0 fully saturated rings. The van der Waals surface area contributed by atoms with Crippen molar-refractivity contribution in [1.82, 2.24) is 0 Å². The zero-order chi connectivity index (χ0) is 30.1. The summed E-state index contributed by atoms with van der Waals surface area (Å²) in [4.78, 5) is 23.6. The number of unbranched alkanes of at least 4 members (excludes halogenated alkanes) is 20. The minimum atomic E-state index is -0.638. The zero-order valence-corrected chi connectivity index (χ0v) is 27.6. The molecule has 0 aromatic rings. The average molecular weight is 567 g/mol. The SMILES string of the molecule is CCCCCCCCCCCCC(CCCCCCCCCCCCCCC(C(=O)O)C(C)C)(C(=O)O)C(C)C. The van der Waals surface area contributed by atoms with Crippen molar-refractivity contribution in [2.24, 2.45) is 23.2 Å². The number of hydrogen-bond donors (Lipinski definition) is 2. The van der Waals surface area contributed by atoms with Crippen molar-refractivity contribution in [3.8, 4) is 0 Å². The average Bonchev–Trinajstić information content (AvgIpc) is 2.89. The third-order valence-electron chi connectivity index (χ3n) is 9.52. The number of rotatable bonds is 30. The summed E-state index contributed by atoms with van der Waals surface area (Å²) >= 11 is 0. The maximum absolute atomic E-state index is 12.4. The Morgan fingerprint density at radius 3 is 1.12 bits per heavy atom. The van der Waals surface area contributed by atoms with Crippen molar-refractivity contribution >= 4 is 11.9 Å². The summed E-state index contributed by atoms with van der Waals surface area (Å²) in [6.07, 6.45) is 30.0. The van der Waals surface area contributed by atoms with Crippen molar-refractivity contribution in [2.75, 3.05) is 0 Å². The molecular formula is C36H70O4. The van der Waals surface area contributed by atoms with Crippen molar-refractivity contribution < 1.29 is 19.8 Å². The number of carboxylic acids is 2. The van der Waals surface area contributed by atoms with E-state index in [1.165, 1.54) is 109 Å². The van der Waals surface area contributed by atoms with Gasteiger partial charge in [-0.1, -0.05) is 176 Å². The van der Waals surface area contributed by atoms with Gasteiger partial charge in [0, 0.05) is 0 Å². The highest BCUT2D eigenvalue weighted by Gasteiger charge is 2.40. The summed E-state index contributed by atoms with van der Waals surface area (Å²) in [6.45, 7) is 10.5. The van der Waals surface area contributed by atoms with Gasteiger partial charge in [-0.25, -0.2) is 0 Å². The van der Waals surface area contributed by atoms with E-state index in [0.717, 1.165) is 51.4 Å². The molecule has 0 saturated heterocycles. The molecule has 0 aromatic carbocycles. The topological polar surface area (TPSA) is 74.6 Å². The molecule has 0 amide bonds. The van der Waals surface area contributed by atoms with Gasteiger partial charge in [0.05, 0.1) is 11.3 Å². The maximum Gasteiger partial charge on any atom is 0.309 e. The van der Waals surface area contributed by atoms with E-state index in [9.17, 15) is 19.8 Å². The van der Waals surface area contributed by atoms with E-state index in [1.54, 1.807) is 0 Å². The van der Waals surface area contributed by atoms with Crippen LogP contribution in [0.15, 0.2) is 0 Å². The monoisotopic (exact) mass is 567 g/mol. The molecule has 2 N–H and O–H groups in total. The Balaban J connectivity index is 3.88. The summed E-state index contributed by atoms with van der Waals surface area (Å²) in [7, 11) is 0. The second-order valence-corrected chi connectivity index (χ2v) is 13.5. The smallest absolute Gasteiger partial charge is 0.309 e. The van der Waals surface area contributed by atoms with Gasteiger partial charge < -0.3 is 10.2 Å². The first-order chi connectivity index (χ1) is 19.2. The second kappa shape index (κ2) is 25.6. The van der Waals surface area contributed by atoms with E-state index >= 15 is 0 Å². The fourth-order valence-electron chi connectivity index (χ4n) is 6.41. The fourth-order valence-corrected chi connectivity index (χ4v) is 6.41.